The van der Waals surface area contributed by atoms with Crippen molar-refractivity contribution in [2.45, 2.75) is 52.1 Å². The van der Waals surface area contributed by atoms with Gasteiger partial charge in [0.2, 0.25) is 5.95 Å². The molecule has 156 valence electrons. The molecule has 0 spiro atoms. The van der Waals surface area contributed by atoms with E-state index in [1.54, 1.807) is 6.33 Å². The van der Waals surface area contributed by atoms with E-state index in [-0.39, 0.29) is 12.3 Å². The second-order valence-electron chi connectivity index (χ2n) is 6.77. The Hall–Kier alpha value is -1.74. The third-order valence-electron chi connectivity index (χ3n) is 4.11. The first-order chi connectivity index (χ1) is 13.5. The van der Waals surface area contributed by atoms with Crippen molar-refractivity contribution < 1.29 is 18.3 Å². The average molecular weight is 412 g/mol. The van der Waals surface area contributed by atoms with Gasteiger partial charge in [0.05, 0.1) is 26.1 Å². The Bertz CT molecular complexity index is 813. The summed E-state index contributed by atoms with van der Waals surface area (Å²) < 4.78 is 30.9. The van der Waals surface area contributed by atoms with Crippen molar-refractivity contribution in [3.05, 3.63) is 6.33 Å². The van der Waals surface area contributed by atoms with Gasteiger partial charge < -0.3 is 29.4 Å². The molecule has 0 radical (unpaired) electrons. The first kappa shape index (κ1) is 21.0. The Labute approximate surface area is 164 Å². The molecule has 2 aromatic heterocycles. The fraction of sp³-hybridized carbons (Fsp3) is 0.706. The van der Waals surface area contributed by atoms with Gasteiger partial charge in [-0.15, -0.1) is 0 Å². The largest absolute Gasteiger partial charge is 0.368 e. The van der Waals surface area contributed by atoms with Crippen LogP contribution < -0.4 is 11.1 Å². The maximum atomic E-state index is 12.7. The molecule has 1 fully saturated rings. The van der Waals surface area contributed by atoms with E-state index in [2.05, 4.69) is 20.3 Å². The van der Waals surface area contributed by atoms with Crippen molar-refractivity contribution >= 4 is 30.5 Å². The van der Waals surface area contributed by atoms with E-state index < -0.39 is 7.60 Å². The molecule has 1 saturated carbocycles. The quantitative estimate of drug-likeness (QED) is 0.377. The van der Waals surface area contributed by atoms with E-state index in [9.17, 15) is 4.57 Å². The molecule has 2 heterocycles. The van der Waals surface area contributed by atoms with Crippen molar-refractivity contribution in [3.63, 3.8) is 0 Å². The Morgan fingerprint density at radius 2 is 1.93 bits per heavy atom. The SMILES string of the molecule is CCCOP(=O)(COCCn1cnc2c(NC3CC3)nc(N)nc21)OCCC. The number of nitrogens with zero attached hydrogens (tertiary/aromatic N) is 4. The minimum atomic E-state index is -3.23. The van der Waals surface area contributed by atoms with Crippen LogP contribution in [0.2, 0.25) is 0 Å². The maximum absolute atomic E-state index is 12.7. The topological polar surface area (TPSA) is 126 Å². The van der Waals surface area contributed by atoms with E-state index in [1.807, 2.05) is 18.4 Å². The van der Waals surface area contributed by atoms with E-state index in [0.29, 0.717) is 49.4 Å². The molecule has 11 heteroatoms. The minimum absolute atomic E-state index is 0.0781. The molecule has 1 aliphatic carbocycles. The molecule has 0 saturated heterocycles. The summed E-state index contributed by atoms with van der Waals surface area (Å²) in [6, 6.07) is 0.436. The van der Waals surface area contributed by atoms with Gasteiger partial charge in [0.25, 0.3) is 0 Å². The van der Waals surface area contributed by atoms with Gasteiger partial charge in [-0.25, -0.2) is 4.98 Å². The molecule has 0 aromatic carbocycles. The van der Waals surface area contributed by atoms with Crippen LogP contribution in [-0.2, 0) is 24.9 Å². The number of hydrogen-bond donors (Lipinski definition) is 2. The van der Waals surface area contributed by atoms with Crippen LogP contribution in [0.15, 0.2) is 6.33 Å². The van der Waals surface area contributed by atoms with Crippen molar-refractivity contribution in [2.75, 3.05) is 37.2 Å². The lowest BCUT2D eigenvalue weighted by Crippen LogP contribution is -2.11. The molecule has 0 aliphatic heterocycles. The van der Waals surface area contributed by atoms with Gasteiger partial charge in [0.1, 0.15) is 6.35 Å². The monoisotopic (exact) mass is 412 g/mol. The zero-order valence-corrected chi connectivity index (χ0v) is 17.4. The third kappa shape index (κ3) is 5.64. The number of aromatic nitrogens is 4. The number of fused-ring (bicyclic) bond motifs is 1. The van der Waals surface area contributed by atoms with Crippen LogP contribution in [0.5, 0.6) is 0 Å². The summed E-state index contributed by atoms with van der Waals surface area (Å²) in [4.78, 5) is 13.0. The maximum Gasteiger partial charge on any atom is 0.356 e. The van der Waals surface area contributed by atoms with Crippen LogP contribution in [0.3, 0.4) is 0 Å². The lowest BCUT2D eigenvalue weighted by Gasteiger charge is -2.18. The van der Waals surface area contributed by atoms with Crippen molar-refractivity contribution in [3.8, 4) is 0 Å². The smallest absolute Gasteiger partial charge is 0.356 e. The second-order valence-corrected chi connectivity index (χ2v) is 8.77. The molecular formula is C17H29N6O4P. The number of nitrogens with two attached hydrogens (primary N) is 1. The predicted molar refractivity (Wildman–Crippen MR) is 107 cm³/mol. The summed E-state index contributed by atoms with van der Waals surface area (Å²) in [5.41, 5.74) is 7.18. The Morgan fingerprint density at radius 3 is 2.57 bits per heavy atom. The highest BCUT2D eigenvalue weighted by Crippen LogP contribution is 2.48. The number of nitrogens with one attached hydrogen (secondary N) is 1. The molecule has 3 rings (SSSR count). The summed E-state index contributed by atoms with van der Waals surface area (Å²) in [5, 5.41) is 3.33. The van der Waals surface area contributed by atoms with Crippen LogP contribution in [0.4, 0.5) is 11.8 Å². The standard InChI is InChI=1S/C17H29N6O4P/c1-3-8-26-28(24,27-9-4-2)12-25-10-7-23-11-19-14-15(20-13-5-6-13)21-17(18)22-16(14)23/h11,13H,3-10,12H2,1-2H3,(H3,18,20,21,22). The fourth-order valence-corrected chi connectivity index (χ4v) is 4.06. The zero-order valence-electron chi connectivity index (χ0n) is 16.5. The van der Waals surface area contributed by atoms with Gasteiger partial charge in [0, 0.05) is 12.6 Å². The van der Waals surface area contributed by atoms with Gasteiger partial charge in [-0.05, 0) is 25.7 Å². The van der Waals surface area contributed by atoms with Gasteiger partial charge >= 0.3 is 7.60 Å². The molecule has 3 N–H and O–H groups in total. The molecule has 0 amide bonds. The molecule has 0 bridgehead atoms. The zero-order chi connectivity index (χ0) is 20.0. The number of ether oxygens (including phenoxy) is 1. The average Bonchev–Trinajstić information content (AvgIpc) is 3.40. The van der Waals surface area contributed by atoms with E-state index in [4.69, 9.17) is 19.5 Å². The summed E-state index contributed by atoms with van der Waals surface area (Å²) in [6.45, 7) is 5.46. The predicted octanol–water partition coefficient (Wildman–Crippen LogP) is 3.00. The Balaban J connectivity index is 1.58. The van der Waals surface area contributed by atoms with Crippen molar-refractivity contribution in [1.82, 2.24) is 19.5 Å². The normalized spacial score (nSPS) is 14.6. The highest BCUT2D eigenvalue weighted by atomic mass is 31.2. The van der Waals surface area contributed by atoms with Crippen molar-refractivity contribution in [1.29, 1.82) is 0 Å². The van der Waals surface area contributed by atoms with Crippen LogP contribution in [-0.4, -0.2) is 51.7 Å². The molecule has 1 aliphatic rings. The molecule has 0 unspecified atom stereocenters. The lowest BCUT2D eigenvalue weighted by molar-refractivity contribution is 0.123. The molecule has 0 atom stereocenters. The van der Waals surface area contributed by atoms with E-state index >= 15 is 0 Å². The van der Waals surface area contributed by atoms with Crippen LogP contribution in [0, 0.1) is 0 Å². The number of imidazole rings is 1. The summed E-state index contributed by atoms with van der Waals surface area (Å²) >= 11 is 0. The van der Waals surface area contributed by atoms with Gasteiger partial charge in [-0.3, -0.25) is 4.57 Å². The van der Waals surface area contributed by atoms with Crippen LogP contribution in [0.1, 0.15) is 39.5 Å². The van der Waals surface area contributed by atoms with Crippen LogP contribution >= 0.6 is 7.60 Å². The van der Waals surface area contributed by atoms with Crippen LogP contribution in [0.25, 0.3) is 11.2 Å². The second kappa shape index (κ2) is 9.65. The molecule has 10 nitrogen and oxygen atoms in total. The highest BCUT2D eigenvalue weighted by molar-refractivity contribution is 7.53. The summed E-state index contributed by atoms with van der Waals surface area (Å²) in [7, 11) is -3.23. The first-order valence-electron chi connectivity index (χ1n) is 9.75. The Morgan fingerprint density at radius 1 is 1.21 bits per heavy atom. The van der Waals surface area contributed by atoms with Crippen molar-refractivity contribution in [2.24, 2.45) is 0 Å². The number of hydrogen-bond acceptors (Lipinski definition) is 9. The third-order valence-corrected chi connectivity index (χ3v) is 5.76. The minimum Gasteiger partial charge on any atom is -0.368 e. The molecular weight excluding hydrogens is 383 g/mol. The Kier molecular flexibility index (Phi) is 7.23. The van der Waals surface area contributed by atoms with Gasteiger partial charge in [-0.1, -0.05) is 13.8 Å². The fourth-order valence-electron chi connectivity index (χ4n) is 2.56. The number of anilines is 2. The number of nitrogen functional groups attached to an aromatic ring is 1. The highest BCUT2D eigenvalue weighted by Gasteiger charge is 2.25. The molecule has 28 heavy (non-hydrogen) atoms. The summed E-state index contributed by atoms with van der Waals surface area (Å²) in [6.07, 6.45) is 5.38. The van der Waals surface area contributed by atoms with E-state index in [1.165, 1.54) is 0 Å². The lowest BCUT2D eigenvalue weighted by atomic mass is 10.4. The van der Waals surface area contributed by atoms with Gasteiger partial charge in [0.15, 0.2) is 17.0 Å². The summed E-state index contributed by atoms with van der Waals surface area (Å²) in [5.74, 6) is 0.860. The number of rotatable bonds is 13. The molecule has 2 aromatic rings. The van der Waals surface area contributed by atoms with Gasteiger partial charge in [-0.2, -0.15) is 9.97 Å². The van der Waals surface area contributed by atoms with E-state index in [0.717, 1.165) is 25.7 Å². The first-order valence-corrected chi connectivity index (χ1v) is 11.5.